The molecule has 0 saturated carbocycles. The SMILES string of the molecule is Cc1cc(Br)ccc1NC(=O)CCc1nc(-c2ccccc2F)no1. The lowest BCUT2D eigenvalue weighted by molar-refractivity contribution is -0.116. The third kappa shape index (κ3) is 4.30. The van der Waals surface area contributed by atoms with Crippen molar-refractivity contribution in [3.63, 3.8) is 0 Å². The van der Waals surface area contributed by atoms with Crippen molar-refractivity contribution in [2.24, 2.45) is 0 Å². The fraction of sp³-hybridized carbons (Fsp3) is 0.167. The molecule has 25 heavy (non-hydrogen) atoms. The largest absolute Gasteiger partial charge is 0.339 e. The average molecular weight is 404 g/mol. The van der Waals surface area contributed by atoms with Gasteiger partial charge in [0.2, 0.25) is 17.6 Å². The van der Waals surface area contributed by atoms with Gasteiger partial charge in [-0.1, -0.05) is 33.2 Å². The Morgan fingerprint density at radius 3 is 2.84 bits per heavy atom. The van der Waals surface area contributed by atoms with Crippen LogP contribution in [-0.4, -0.2) is 16.0 Å². The Hall–Kier alpha value is -2.54. The second-order valence-electron chi connectivity index (χ2n) is 5.50. The first-order valence-corrected chi connectivity index (χ1v) is 8.46. The molecular formula is C18H15BrFN3O2. The van der Waals surface area contributed by atoms with Crippen LogP contribution >= 0.6 is 15.9 Å². The van der Waals surface area contributed by atoms with Crippen molar-refractivity contribution >= 4 is 27.5 Å². The molecule has 2 aromatic carbocycles. The minimum atomic E-state index is -0.418. The highest BCUT2D eigenvalue weighted by atomic mass is 79.9. The molecule has 7 heteroatoms. The maximum absolute atomic E-state index is 13.7. The molecule has 0 saturated heterocycles. The summed E-state index contributed by atoms with van der Waals surface area (Å²) in [5.74, 6) is -0.104. The van der Waals surface area contributed by atoms with Gasteiger partial charge in [0.15, 0.2) is 0 Å². The van der Waals surface area contributed by atoms with Crippen molar-refractivity contribution in [3.8, 4) is 11.4 Å². The van der Waals surface area contributed by atoms with Crippen LogP contribution in [0.1, 0.15) is 17.9 Å². The number of rotatable bonds is 5. The topological polar surface area (TPSA) is 68.0 Å². The Bertz CT molecular complexity index is 911. The Morgan fingerprint density at radius 2 is 2.08 bits per heavy atom. The molecule has 1 aromatic heterocycles. The van der Waals surface area contributed by atoms with E-state index in [1.54, 1.807) is 18.2 Å². The Labute approximate surface area is 152 Å². The molecule has 1 amide bonds. The lowest BCUT2D eigenvalue weighted by atomic mass is 10.2. The highest BCUT2D eigenvalue weighted by Gasteiger charge is 2.13. The summed E-state index contributed by atoms with van der Waals surface area (Å²) in [7, 11) is 0. The van der Waals surface area contributed by atoms with Gasteiger partial charge in [-0.15, -0.1) is 0 Å². The fourth-order valence-corrected chi connectivity index (χ4v) is 2.78. The molecule has 0 atom stereocenters. The van der Waals surface area contributed by atoms with Gasteiger partial charge in [-0.05, 0) is 42.8 Å². The molecule has 0 fully saturated rings. The quantitative estimate of drug-likeness (QED) is 0.679. The van der Waals surface area contributed by atoms with E-state index in [0.717, 1.165) is 15.7 Å². The molecule has 0 unspecified atom stereocenters. The maximum atomic E-state index is 13.7. The van der Waals surface area contributed by atoms with Gasteiger partial charge in [-0.25, -0.2) is 4.39 Å². The molecule has 0 aliphatic heterocycles. The monoisotopic (exact) mass is 403 g/mol. The summed E-state index contributed by atoms with van der Waals surface area (Å²) in [4.78, 5) is 16.2. The number of amides is 1. The number of aryl methyl sites for hydroxylation is 2. The number of carbonyl (C=O) groups excluding carboxylic acids is 1. The molecule has 0 aliphatic rings. The normalized spacial score (nSPS) is 10.7. The third-order valence-corrected chi connectivity index (χ3v) is 4.10. The number of hydrogen-bond acceptors (Lipinski definition) is 4. The van der Waals surface area contributed by atoms with Crippen LogP contribution in [0.25, 0.3) is 11.4 Å². The second-order valence-corrected chi connectivity index (χ2v) is 6.41. The molecular weight excluding hydrogens is 389 g/mol. The number of carbonyl (C=O) groups is 1. The number of anilines is 1. The van der Waals surface area contributed by atoms with E-state index in [1.807, 2.05) is 25.1 Å². The summed E-state index contributed by atoms with van der Waals surface area (Å²) in [6.07, 6.45) is 0.470. The second kappa shape index (κ2) is 7.57. The summed E-state index contributed by atoms with van der Waals surface area (Å²) < 4.78 is 19.8. The standard InChI is InChI=1S/C18H15BrFN3O2/c1-11-10-12(19)6-7-15(11)21-16(24)8-9-17-22-18(23-25-17)13-4-2-3-5-14(13)20/h2-7,10H,8-9H2,1H3,(H,21,24). The zero-order valence-electron chi connectivity index (χ0n) is 13.4. The number of hydrogen-bond donors (Lipinski definition) is 1. The van der Waals surface area contributed by atoms with Crippen molar-refractivity contribution in [3.05, 3.63) is 64.2 Å². The maximum Gasteiger partial charge on any atom is 0.227 e. The number of aromatic nitrogens is 2. The van der Waals surface area contributed by atoms with Crippen LogP contribution in [0.5, 0.6) is 0 Å². The van der Waals surface area contributed by atoms with E-state index < -0.39 is 5.82 Å². The molecule has 3 rings (SSSR count). The molecule has 0 aliphatic carbocycles. The molecule has 1 N–H and O–H groups in total. The van der Waals surface area contributed by atoms with E-state index in [1.165, 1.54) is 6.07 Å². The summed E-state index contributed by atoms with van der Waals surface area (Å²) in [6.45, 7) is 1.92. The van der Waals surface area contributed by atoms with Gasteiger partial charge in [0.25, 0.3) is 0 Å². The van der Waals surface area contributed by atoms with E-state index in [0.29, 0.717) is 5.89 Å². The predicted molar refractivity (Wildman–Crippen MR) is 95.5 cm³/mol. The van der Waals surface area contributed by atoms with Gasteiger partial charge in [0.05, 0.1) is 5.56 Å². The first kappa shape index (κ1) is 17.3. The highest BCUT2D eigenvalue weighted by molar-refractivity contribution is 9.10. The zero-order valence-corrected chi connectivity index (χ0v) is 15.0. The molecule has 128 valence electrons. The Balaban J connectivity index is 1.60. The summed E-state index contributed by atoms with van der Waals surface area (Å²) >= 11 is 3.38. The van der Waals surface area contributed by atoms with Gasteiger partial charge in [0, 0.05) is 23.0 Å². The van der Waals surface area contributed by atoms with Crippen LogP contribution in [0.15, 0.2) is 51.5 Å². The molecule has 0 radical (unpaired) electrons. The van der Waals surface area contributed by atoms with Crippen molar-refractivity contribution < 1.29 is 13.7 Å². The first-order chi connectivity index (χ1) is 12.0. The minimum absolute atomic E-state index is 0.156. The lowest BCUT2D eigenvalue weighted by Crippen LogP contribution is -2.13. The summed E-state index contributed by atoms with van der Waals surface area (Å²) in [5, 5.41) is 6.62. The van der Waals surface area contributed by atoms with Gasteiger partial charge < -0.3 is 9.84 Å². The van der Waals surface area contributed by atoms with Crippen LogP contribution in [0, 0.1) is 12.7 Å². The van der Waals surface area contributed by atoms with E-state index in [2.05, 4.69) is 31.4 Å². The van der Waals surface area contributed by atoms with Gasteiger partial charge in [0.1, 0.15) is 5.82 Å². The predicted octanol–water partition coefficient (Wildman–Crippen LogP) is 4.52. The Kier molecular flexibility index (Phi) is 5.23. The summed E-state index contributed by atoms with van der Waals surface area (Å²) in [5.41, 5.74) is 1.99. The van der Waals surface area contributed by atoms with E-state index >= 15 is 0 Å². The average Bonchev–Trinajstić information content (AvgIpc) is 3.05. The molecule has 3 aromatic rings. The van der Waals surface area contributed by atoms with E-state index in [4.69, 9.17) is 4.52 Å². The molecule has 0 spiro atoms. The van der Waals surface area contributed by atoms with Crippen LogP contribution in [-0.2, 0) is 11.2 Å². The van der Waals surface area contributed by atoms with Crippen LogP contribution in [0.2, 0.25) is 0 Å². The van der Waals surface area contributed by atoms with Crippen molar-refractivity contribution in [2.75, 3.05) is 5.32 Å². The number of nitrogens with one attached hydrogen (secondary N) is 1. The van der Waals surface area contributed by atoms with Gasteiger partial charge >= 0.3 is 0 Å². The number of halogens is 2. The van der Waals surface area contributed by atoms with Crippen LogP contribution < -0.4 is 5.32 Å². The van der Waals surface area contributed by atoms with Crippen molar-refractivity contribution in [1.82, 2.24) is 10.1 Å². The van der Waals surface area contributed by atoms with Crippen molar-refractivity contribution in [1.29, 1.82) is 0 Å². The van der Waals surface area contributed by atoms with Crippen LogP contribution in [0.4, 0.5) is 10.1 Å². The number of benzene rings is 2. The molecule has 5 nitrogen and oxygen atoms in total. The van der Waals surface area contributed by atoms with Crippen molar-refractivity contribution in [2.45, 2.75) is 19.8 Å². The van der Waals surface area contributed by atoms with Gasteiger partial charge in [-0.2, -0.15) is 4.98 Å². The minimum Gasteiger partial charge on any atom is -0.339 e. The Morgan fingerprint density at radius 1 is 1.28 bits per heavy atom. The third-order valence-electron chi connectivity index (χ3n) is 3.61. The number of nitrogens with zero attached hydrogens (tertiary/aromatic N) is 2. The van der Waals surface area contributed by atoms with E-state index in [9.17, 15) is 9.18 Å². The smallest absolute Gasteiger partial charge is 0.227 e. The highest BCUT2D eigenvalue weighted by Crippen LogP contribution is 2.21. The van der Waals surface area contributed by atoms with Gasteiger partial charge in [-0.3, -0.25) is 4.79 Å². The first-order valence-electron chi connectivity index (χ1n) is 7.66. The lowest BCUT2D eigenvalue weighted by Gasteiger charge is -2.07. The molecule has 0 bridgehead atoms. The zero-order chi connectivity index (χ0) is 17.8. The van der Waals surface area contributed by atoms with Crippen LogP contribution in [0.3, 0.4) is 0 Å². The summed E-state index contributed by atoms with van der Waals surface area (Å²) in [6, 6.07) is 11.8. The molecule has 1 heterocycles. The van der Waals surface area contributed by atoms with E-state index in [-0.39, 0.29) is 30.1 Å². The fourth-order valence-electron chi connectivity index (χ4n) is 2.31.